The maximum atomic E-state index is 12.1. The Balaban J connectivity index is 1.89. The fourth-order valence-electron chi connectivity index (χ4n) is 2.62. The predicted molar refractivity (Wildman–Crippen MR) is 61.9 cm³/mol. The fourth-order valence-corrected chi connectivity index (χ4v) is 2.62. The maximum absolute atomic E-state index is 12.1. The maximum Gasteiger partial charge on any atom is 0.224 e. The Hall–Kier alpha value is -1.12. The molecule has 1 aliphatic carbocycles. The van der Waals surface area contributed by atoms with Crippen LogP contribution in [0.1, 0.15) is 32.1 Å². The Labute approximate surface area is 102 Å². The van der Waals surface area contributed by atoms with E-state index in [1.165, 1.54) is 0 Å². The van der Waals surface area contributed by atoms with E-state index in [9.17, 15) is 4.79 Å². The first-order chi connectivity index (χ1) is 8.13. The average molecular weight is 237 g/mol. The van der Waals surface area contributed by atoms with Crippen LogP contribution in [0.4, 0.5) is 0 Å². The first kappa shape index (κ1) is 12.3. The molecule has 2 aliphatic rings. The van der Waals surface area contributed by atoms with Crippen molar-refractivity contribution in [3.63, 3.8) is 0 Å². The van der Waals surface area contributed by atoms with E-state index < -0.39 is 6.10 Å². The van der Waals surface area contributed by atoms with Gasteiger partial charge in [0.1, 0.15) is 0 Å². The molecule has 0 aromatic rings. The van der Waals surface area contributed by atoms with Gasteiger partial charge in [-0.15, -0.1) is 0 Å². The van der Waals surface area contributed by atoms with Crippen LogP contribution < -0.4 is 5.73 Å². The fraction of sp³-hybridized carbons (Fsp3) is 0.833. The highest BCUT2D eigenvalue weighted by Crippen LogP contribution is 2.30. The molecule has 1 saturated carbocycles. The summed E-state index contributed by atoms with van der Waals surface area (Å²) in [6, 6.07) is 2.04. The number of amides is 1. The Bertz CT molecular complexity index is 331. The van der Waals surface area contributed by atoms with E-state index in [4.69, 9.17) is 15.7 Å². The highest BCUT2D eigenvalue weighted by Gasteiger charge is 2.34. The SMILES string of the molecule is N#CC1CN(C(=O)CC2(N)CCCC2)CCO1. The second-order valence-corrected chi connectivity index (χ2v) is 5.07. The molecule has 1 saturated heterocycles. The van der Waals surface area contributed by atoms with Gasteiger partial charge in [-0.05, 0) is 12.8 Å². The monoisotopic (exact) mass is 237 g/mol. The minimum Gasteiger partial charge on any atom is -0.360 e. The van der Waals surface area contributed by atoms with Gasteiger partial charge in [-0.25, -0.2) is 0 Å². The molecule has 1 amide bonds. The van der Waals surface area contributed by atoms with E-state index in [0.717, 1.165) is 25.7 Å². The van der Waals surface area contributed by atoms with Crippen molar-refractivity contribution in [3.05, 3.63) is 0 Å². The van der Waals surface area contributed by atoms with E-state index in [1.54, 1.807) is 4.90 Å². The van der Waals surface area contributed by atoms with Gasteiger partial charge in [-0.2, -0.15) is 5.26 Å². The van der Waals surface area contributed by atoms with Crippen molar-refractivity contribution in [2.75, 3.05) is 19.7 Å². The number of ether oxygens (including phenoxy) is 1. The second kappa shape index (κ2) is 5.03. The number of hydrogen-bond donors (Lipinski definition) is 1. The van der Waals surface area contributed by atoms with Crippen molar-refractivity contribution in [1.29, 1.82) is 5.26 Å². The summed E-state index contributed by atoms with van der Waals surface area (Å²) in [6.07, 6.45) is 4.03. The van der Waals surface area contributed by atoms with Crippen molar-refractivity contribution < 1.29 is 9.53 Å². The third kappa shape index (κ3) is 2.96. The topological polar surface area (TPSA) is 79.4 Å². The number of hydrogen-bond acceptors (Lipinski definition) is 4. The third-order valence-corrected chi connectivity index (χ3v) is 3.67. The van der Waals surface area contributed by atoms with Crippen LogP contribution in [0.2, 0.25) is 0 Å². The predicted octanol–water partition coefficient (Wildman–Crippen LogP) is 0.399. The van der Waals surface area contributed by atoms with Gasteiger partial charge in [-0.3, -0.25) is 4.79 Å². The quantitative estimate of drug-likeness (QED) is 0.754. The zero-order chi connectivity index (χ0) is 12.3. The van der Waals surface area contributed by atoms with E-state index in [0.29, 0.717) is 26.1 Å². The van der Waals surface area contributed by atoms with Crippen LogP contribution in [0, 0.1) is 11.3 Å². The zero-order valence-corrected chi connectivity index (χ0v) is 10.0. The summed E-state index contributed by atoms with van der Waals surface area (Å²) in [7, 11) is 0. The summed E-state index contributed by atoms with van der Waals surface area (Å²) >= 11 is 0. The van der Waals surface area contributed by atoms with E-state index >= 15 is 0 Å². The van der Waals surface area contributed by atoms with Gasteiger partial charge in [0.25, 0.3) is 0 Å². The average Bonchev–Trinajstić information content (AvgIpc) is 2.76. The lowest BCUT2D eigenvalue weighted by Gasteiger charge is -2.32. The summed E-state index contributed by atoms with van der Waals surface area (Å²) in [5, 5.41) is 8.79. The lowest BCUT2D eigenvalue weighted by atomic mass is 9.94. The molecule has 5 nitrogen and oxygen atoms in total. The van der Waals surface area contributed by atoms with Gasteiger partial charge in [0, 0.05) is 18.5 Å². The number of nitriles is 1. The van der Waals surface area contributed by atoms with Crippen molar-refractivity contribution in [2.45, 2.75) is 43.7 Å². The Morgan fingerprint density at radius 3 is 2.88 bits per heavy atom. The Morgan fingerprint density at radius 1 is 1.53 bits per heavy atom. The van der Waals surface area contributed by atoms with E-state index in [1.807, 2.05) is 6.07 Å². The summed E-state index contributed by atoms with van der Waals surface area (Å²) in [6.45, 7) is 1.40. The molecule has 0 radical (unpaired) electrons. The number of rotatable bonds is 2. The summed E-state index contributed by atoms with van der Waals surface area (Å²) in [5.74, 6) is 0.0675. The molecule has 5 heteroatoms. The van der Waals surface area contributed by atoms with Gasteiger partial charge < -0.3 is 15.4 Å². The van der Waals surface area contributed by atoms with Crippen LogP contribution >= 0.6 is 0 Å². The number of nitrogens with zero attached hydrogens (tertiary/aromatic N) is 2. The molecule has 0 aromatic heterocycles. The standard InChI is InChI=1S/C12H19N3O2/c13-8-10-9-15(5-6-17-10)11(16)7-12(14)3-1-2-4-12/h10H,1-7,9,14H2. The normalized spacial score (nSPS) is 27.8. The lowest BCUT2D eigenvalue weighted by Crippen LogP contribution is -2.49. The molecule has 2 N–H and O–H groups in total. The van der Waals surface area contributed by atoms with Gasteiger partial charge in [0.05, 0.1) is 19.2 Å². The van der Waals surface area contributed by atoms with Crippen LogP contribution in [0.25, 0.3) is 0 Å². The summed E-state index contributed by atoms with van der Waals surface area (Å²) in [5.41, 5.74) is 5.88. The first-order valence-electron chi connectivity index (χ1n) is 6.21. The lowest BCUT2D eigenvalue weighted by molar-refractivity contribution is -0.138. The third-order valence-electron chi connectivity index (χ3n) is 3.67. The number of carbonyl (C=O) groups is 1. The van der Waals surface area contributed by atoms with Crippen molar-refractivity contribution in [3.8, 4) is 6.07 Å². The molecule has 0 aromatic carbocycles. The summed E-state index contributed by atoms with van der Waals surface area (Å²) in [4.78, 5) is 13.8. The van der Waals surface area contributed by atoms with Crippen molar-refractivity contribution in [1.82, 2.24) is 4.90 Å². The molecule has 0 bridgehead atoms. The van der Waals surface area contributed by atoms with E-state index in [-0.39, 0.29) is 11.4 Å². The van der Waals surface area contributed by atoms with Crippen LogP contribution in [-0.4, -0.2) is 42.1 Å². The van der Waals surface area contributed by atoms with Crippen LogP contribution in [-0.2, 0) is 9.53 Å². The van der Waals surface area contributed by atoms with Crippen molar-refractivity contribution >= 4 is 5.91 Å². The minimum atomic E-state index is -0.481. The zero-order valence-electron chi connectivity index (χ0n) is 10.0. The molecule has 1 aliphatic heterocycles. The van der Waals surface area contributed by atoms with Crippen LogP contribution in [0.5, 0.6) is 0 Å². The van der Waals surface area contributed by atoms with Gasteiger partial charge in [0.2, 0.25) is 5.91 Å². The van der Waals surface area contributed by atoms with Crippen LogP contribution in [0.3, 0.4) is 0 Å². The highest BCUT2D eigenvalue weighted by molar-refractivity contribution is 5.77. The number of nitrogens with two attached hydrogens (primary N) is 1. The smallest absolute Gasteiger partial charge is 0.224 e. The highest BCUT2D eigenvalue weighted by atomic mass is 16.5. The molecule has 1 heterocycles. The second-order valence-electron chi connectivity index (χ2n) is 5.07. The first-order valence-corrected chi connectivity index (χ1v) is 6.21. The molecule has 0 spiro atoms. The molecular weight excluding hydrogens is 218 g/mol. The largest absolute Gasteiger partial charge is 0.360 e. The molecule has 17 heavy (non-hydrogen) atoms. The minimum absolute atomic E-state index is 0.0675. The number of carbonyl (C=O) groups excluding carboxylic acids is 1. The molecule has 1 atom stereocenters. The Kier molecular flexibility index (Phi) is 3.65. The molecule has 2 rings (SSSR count). The molecule has 1 unspecified atom stereocenters. The number of morpholine rings is 1. The van der Waals surface area contributed by atoms with Gasteiger partial charge >= 0.3 is 0 Å². The Morgan fingerprint density at radius 2 is 2.24 bits per heavy atom. The molecule has 94 valence electrons. The van der Waals surface area contributed by atoms with E-state index in [2.05, 4.69) is 0 Å². The molecule has 2 fully saturated rings. The van der Waals surface area contributed by atoms with Crippen LogP contribution in [0.15, 0.2) is 0 Å². The van der Waals surface area contributed by atoms with Gasteiger partial charge in [-0.1, -0.05) is 12.8 Å². The van der Waals surface area contributed by atoms with Crippen molar-refractivity contribution in [2.24, 2.45) is 5.73 Å². The summed E-state index contributed by atoms with van der Waals surface area (Å²) < 4.78 is 5.22. The van der Waals surface area contributed by atoms with Gasteiger partial charge in [0.15, 0.2) is 6.10 Å². The molecular formula is C12H19N3O2.